The van der Waals surface area contributed by atoms with Crippen LogP contribution >= 0.6 is 0 Å². The van der Waals surface area contributed by atoms with E-state index in [9.17, 15) is 13.2 Å². The van der Waals surface area contributed by atoms with Crippen LogP contribution in [0.25, 0.3) is 0 Å². The summed E-state index contributed by atoms with van der Waals surface area (Å²) in [6.07, 6.45) is 6.37. The van der Waals surface area contributed by atoms with Gasteiger partial charge in [0.05, 0.1) is 0 Å². The van der Waals surface area contributed by atoms with Crippen LogP contribution in [0.5, 0.6) is 0 Å². The number of anilines is 1. The summed E-state index contributed by atoms with van der Waals surface area (Å²) in [5, 5.41) is 2.77. The molecule has 0 heterocycles. The van der Waals surface area contributed by atoms with Gasteiger partial charge in [0.1, 0.15) is 0 Å². The number of rotatable bonds is 12. The van der Waals surface area contributed by atoms with E-state index in [4.69, 9.17) is 0 Å². The molecule has 3 N–H and O–H groups in total. The van der Waals surface area contributed by atoms with Crippen LogP contribution in [0.4, 0.5) is 10.5 Å². The Morgan fingerprint density at radius 2 is 1.48 bits per heavy atom. The lowest BCUT2D eigenvalue weighted by Gasteiger charge is -2.21. The van der Waals surface area contributed by atoms with Gasteiger partial charge in [-0.25, -0.2) is 9.52 Å². The summed E-state index contributed by atoms with van der Waals surface area (Å²) in [6, 6.07) is 4.91. The van der Waals surface area contributed by atoms with Crippen molar-refractivity contribution in [3.8, 4) is 0 Å². The quantitative estimate of drug-likeness (QED) is 0.379. The Morgan fingerprint density at radius 1 is 0.931 bits per heavy atom. The van der Waals surface area contributed by atoms with E-state index < -0.39 is 16.2 Å². The normalized spacial score (nSPS) is 13.0. The number of nitrogens with one attached hydrogen (secondary N) is 3. The average molecular weight is 426 g/mol. The highest BCUT2D eigenvalue weighted by molar-refractivity contribution is 7.88. The van der Waals surface area contributed by atoms with Crippen LogP contribution < -0.4 is 14.8 Å². The highest BCUT2D eigenvalue weighted by Crippen LogP contribution is 2.32. The molecule has 0 radical (unpaired) electrons. The maximum atomic E-state index is 12.5. The van der Waals surface area contributed by atoms with E-state index in [1.807, 2.05) is 52.8 Å². The minimum Gasteiger partial charge on any atom is -0.307 e. The Morgan fingerprint density at radius 3 is 2.00 bits per heavy atom. The summed E-state index contributed by atoms with van der Waals surface area (Å²) in [7, 11) is -3.93. The van der Waals surface area contributed by atoms with E-state index in [-0.39, 0.29) is 17.9 Å². The molecule has 29 heavy (non-hydrogen) atoms. The van der Waals surface area contributed by atoms with Crippen LogP contribution in [-0.4, -0.2) is 20.5 Å². The highest BCUT2D eigenvalue weighted by Gasteiger charge is 2.20. The predicted octanol–water partition coefficient (Wildman–Crippen LogP) is 5.64. The van der Waals surface area contributed by atoms with Crippen molar-refractivity contribution in [3.63, 3.8) is 0 Å². The van der Waals surface area contributed by atoms with E-state index in [0.717, 1.165) is 30.4 Å². The van der Waals surface area contributed by atoms with Crippen LogP contribution in [0.3, 0.4) is 0 Å². The lowest BCUT2D eigenvalue weighted by atomic mass is 9.93. The molecule has 0 aliphatic rings. The van der Waals surface area contributed by atoms with Crippen molar-refractivity contribution >= 4 is 21.9 Å². The molecule has 1 rings (SSSR count). The molecule has 2 amide bonds. The van der Waals surface area contributed by atoms with Gasteiger partial charge in [-0.3, -0.25) is 0 Å². The first-order chi connectivity index (χ1) is 13.6. The van der Waals surface area contributed by atoms with E-state index in [2.05, 4.69) is 21.7 Å². The molecule has 166 valence electrons. The molecule has 1 atom stereocenters. The molecule has 0 aliphatic heterocycles. The molecular weight excluding hydrogens is 386 g/mol. The fourth-order valence-electron chi connectivity index (χ4n) is 3.36. The molecule has 0 aromatic heterocycles. The van der Waals surface area contributed by atoms with Gasteiger partial charge in [0.2, 0.25) is 0 Å². The molecule has 6 nitrogen and oxygen atoms in total. The van der Waals surface area contributed by atoms with Crippen LogP contribution in [0.2, 0.25) is 0 Å². The lowest BCUT2D eigenvalue weighted by molar-refractivity contribution is 0.256. The third-order valence-electron chi connectivity index (χ3n) is 4.94. The van der Waals surface area contributed by atoms with Gasteiger partial charge in [-0.15, -0.1) is 0 Å². The van der Waals surface area contributed by atoms with Gasteiger partial charge in [0.15, 0.2) is 0 Å². The Hall–Kier alpha value is -1.60. The number of para-hydroxylation sites is 1. The number of urea groups is 1. The van der Waals surface area contributed by atoms with Crippen molar-refractivity contribution in [2.45, 2.75) is 97.9 Å². The predicted molar refractivity (Wildman–Crippen MR) is 122 cm³/mol. The molecule has 0 saturated heterocycles. The van der Waals surface area contributed by atoms with Crippen molar-refractivity contribution < 1.29 is 13.2 Å². The third-order valence-corrected chi connectivity index (χ3v) is 6.10. The van der Waals surface area contributed by atoms with Gasteiger partial charge in [-0.2, -0.15) is 13.1 Å². The molecular formula is C22H39N3O3S. The minimum absolute atomic E-state index is 0.200. The molecule has 0 saturated carbocycles. The van der Waals surface area contributed by atoms with Gasteiger partial charge in [-0.1, -0.05) is 84.9 Å². The highest BCUT2D eigenvalue weighted by atomic mass is 32.2. The van der Waals surface area contributed by atoms with Gasteiger partial charge in [0.25, 0.3) is 0 Å². The van der Waals surface area contributed by atoms with Crippen molar-refractivity contribution in [2.24, 2.45) is 0 Å². The van der Waals surface area contributed by atoms with Crippen LogP contribution in [0.15, 0.2) is 18.2 Å². The molecule has 1 aromatic carbocycles. The maximum absolute atomic E-state index is 12.5. The number of carbonyl (C=O) groups excluding carboxylic acids is 1. The van der Waals surface area contributed by atoms with Crippen LogP contribution in [0.1, 0.15) is 103 Å². The SMILES string of the molecule is CCCCCCCC(C)NS(=O)(=O)NC(=O)Nc1c(C(C)C)cccc1C(C)C. The molecule has 1 unspecified atom stereocenters. The second-order valence-corrected chi connectivity index (χ2v) is 9.85. The fourth-order valence-corrected chi connectivity index (χ4v) is 4.37. The monoisotopic (exact) mass is 425 g/mol. The number of amides is 2. The van der Waals surface area contributed by atoms with E-state index in [0.29, 0.717) is 5.69 Å². The zero-order chi connectivity index (χ0) is 22.0. The number of hydrogen-bond donors (Lipinski definition) is 3. The Bertz CT molecular complexity index is 719. The first-order valence-corrected chi connectivity index (χ1v) is 12.3. The first-order valence-electron chi connectivity index (χ1n) is 10.8. The van der Waals surface area contributed by atoms with E-state index >= 15 is 0 Å². The lowest BCUT2D eigenvalue weighted by Crippen LogP contribution is -2.45. The van der Waals surface area contributed by atoms with E-state index in [1.165, 1.54) is 19.3 Å². The van der Waals surface area contributed by atoms with Gasteiger partial charge in [-0.05, 0) is 36.3 Å². The second kappa shape index (κ2) is 12.2. The summed E-state index contributed by atoms with van der Waals surface area (Å²) in [4.78, 5) is 12.5. The molecule has 1 aromatic rings. The molecule has 0 bridgehead atoms. The topological polar surface area (TPSA) is 87.3 Å². The number of benzene rings is 1. The Labute approximate surface area is 177 Å². The number of hydrogen-bond acceptors (Lipinski definition) is 3. The minimum atomic E-state index is -3.93. The summed E-state index contributed by atoms with van der Waals surface area (Å²) in [6.45, 7) is 12.2. The zero-order valence-corrected chi connectivity index (χ0v) is 19.7. The molecule has 7 heteroatoms. The number of carbonyl (C=O) groups is 1. The van der Waals surface area contributed by atoms with Gasteiger partial charge in [0, 0.05) is 11.7 Å². The molecule has 0 fully saturated rings. The van der Waals surface area contributed by atoms with E-state index in [1.54, 1.807) is 0 Å². The number of unbranched alkanes of at least 4 members (excludes halogenated alkanes) is 4. The van der Waals surface area contributed by atoms with Gasteiger partial charge >= 0.3 is 16.2 Å². The van der Waals surface area contributed by atoms with Gasteiger partial charge < -0.3 is 5.32 Å². The first kappa shape index (κ1) is 25.4. The van der Waals surface area contributed by atoms with Crippen molar-refractivity contribution in [3.05, 3.63) is 29.3 Å². The summed E-state index contributed by atoms with van der Waals surface area (Å²) >= 11 is 0. The molecule has 0 spiro atoms. The van der Waals surface area contributed by atoms with Crippen molar-refractivity contribution in [2.75, 3.05) is 5.32 Å². The zero-order valence-electron chi connectivity index (χ0n) is 18.8. The second-order valence-electron chi connectivity index (χ2n) is 8.40. The summed E-state index contributed by atoms with van der Waals surface area (Å²) in [5.74, 6) is 0.401. The van der Waals surface area contributed by atoms with Crippen molar-refractivity contribution in [1.82, 2.24) is 9.44 Å². The van der Waals surface area contributed by atoms with Crippen LogP contribution in [0, 0.1) is 0 Å². The largest absolute Gasteiger partial charge is 0.333 e. The Balaban J connectivity index is 2.72. The smallest absolute Gasteiger partial charge is 0.307 e. The summed E-state index contributed by atoms with van der Waals surface area (Å²) in [5.41, 5.74) is 2.66. The van der Waals surface area contributed by atoms with Crippen LogP contribution in [-0.2, 0) is 10.2 Å². The average Bonchev–Trinajstić information content (AvgIpc) is 2.60. The fraction of sp³-hybridized carbons (Fsp3) is 0.682. The standard InChI is InChI=1S/C22H39N3O3S/c1-7-8-9-10-11-13-18(6)24-29(27,28)25-22(26)23-21-19(16(2)3)14-12-15-20(21)17(4)5/h12,14-18,24H,7-11,13H2,1-6H3,(H2,23,25,26). The Kier molecular flexibility index (Phi) is 10.7. The third kappa shape index (κ3) is 9.17. The van der Waals surface area contributed by atoms with Crippen molar-refractivity contribution in [1.29, 1.82) is 0 Å². The maximum Gasteiger partial charge on any atom is 0.333 e. The molecule has 0 aliphatic carbocycles. The summed E-state index contributed by atoms with van der Waals surface area (Å²) < 4.78 is 29.3.